The number of rotatable bonds is 4. The lowest BCUT2D eigenvalue weighted by Crippen LogP contribution is -2.43. The molecule has 8 nitrogen and oxygen atoms in total. The van der Waals surface area contributed by atoms with Crippen molar-refractivity contribution in [1.82, 2.24) is 19.9 Å². The maximum Gasteiger partial charge on any atom is 0.277 e. The van der Waals surface area contributed by atoms with E-state index >= 15 is 0 Å². The third-order valence-electron chi connectivity index (χ3n) is 4.89. The lowest BCUT2D eigenvalue weighted by Gasteiger charge is -2.34. The summed E-state index contributed by atoms with van der Waals surface area (Å²) in [5, 5.41) is 8.35. The Kier molecular flexibility index (Phi) is 4.87. The second kappa shape index (κ2) is 7.47. The molecule has 0 N–H and O–H groups in total. The van der Waals surface area contributed by atoms with Crippen molar-refractivity contribution in [1.29, 1.82) is 0 Å². The van der Waals surface area contributed by atoms with E-state index in [0.717, 1.165) is 17.2 Å². The molecule has 0 radical (unpaired) electrons. The van der Waals surface area contributed by atoms with Crippen LogP contribution < -0.4 is 4.74 Å². The number of carbonyl (C=O) groups is 1. The Bertz CT molecular complexity index is 977. The largest absolute Gasteiger partial charge is 0.497 e. The third kappa shape index (κ3) is 3.27. The minimum absolute atomic E-state index is 0.181. The minimum Gasteiger partial charge on any atom is -0.497 e. The summed E-state index contributed by atoms with van der Waals surface area (Å²) in [6, 6.07) is 10.9. The van der Waals surface area contributed by atoms with Gasteiger partial charge in [-0.2, -0.15) is 0 Å². The van der Waals surface area contributed by atoms with Gasteiger partial charge >= 0.3 is 0 Å². The normalized spacial score (nSPS) is 17.0. The highest BCUT2D eigenvalue weighted by atomic mass is 16.5. The van der Waals surface area contributed by atoms with Crippen molar-refractivity contribution in [2.24, 2.45) is 0 Å². The average Bonchev–Trinajstić information content (AvgIpc) is 3.33. The van der Waals surface area contributed by atoms with Crippen LogP contribution in [0.2, 0.25) is 0 Å². The zero-order chi connectivity index (χ0) is 19.7. The predicted octanol–water partition coefficient (Wildman–Crippen LogP) is 2.70. The van der Waals surface area contributed by atoms with Gasteiger partial charge in [0.15, 0.2) is 5.69 Å². The second-order valence-electron chi connectivity index (χ2n) is 6.67. The van der Waals surface area contributed by atoms with E-state index in [1.165, 1.54) is 0 Å². The molecule has 1 atom stereocenters. The lowest BCUT2D eigenvalue weighted by atomic mass is 10.1. The van der Waals surface area contributed by atoms with Crippen molar-refractivity contribution in [3.05, 3.63) is 59.3 Å². The van der Waals surface area contributed by atoms with Gasteiger partial charge in [0.1, 0.15) is 23.3 Å². The fourth-order valence-electron chi connectivity index (χ4n) is 3.35. The third-order valence-corrected chi connectivity index (χ3v) is 4.89. The maximum atomic E-state index is 13.2. The van der Waals surface area contributed by atoms with E-state index in [1.807, 2.05) is 50.2 Å². The molecule has 4 rings (SSSR count). The van der Waals surface area contributed by atoms with E-state index in [1.54, 1.807) is 16.7 Å². The molecule has 1 aromatic carbocycles. The number of amides is 1. The van der Waals surface area contributed by atoms with Crippen LogP contribution in [0.1, 0.15) is 33.7 Å². The number of aromatic nitrogens is 3. The lowest BCUT2D eigenvalue weighted by molar-refractivity contribution is -0.00929. The van der Waals surface area contributed by atoms with Gasteiger partial charge in [-0.3, -0.25) is 4.79 Å². The molecule has 146 valence electrons. The number of aryl methyl sites for hydroxylation is 1. The van der Waals surface area contributed by atoms with E-state index in [4.69, 9.17) is 13.9 Å². The number of nitrogens with zero attached hydrogens (tertiary/aromatic N) is 4. The van der Waals surface area contributed by atoms with Gasteiger partial charge in [0, 0.05) is 6.54 Å². The number of methoxy groups -OCH3 is 1. The van der Waals surface area contributed by atoms with E-state index in [2.05, 4.69) is 10.3 Å². The molecule has 3 heterocycles. The Balaban J connectivity index is 1.62. The number of hydrogen-bond acceptors (Lipinski definition) is 6. The van der Waals surface area contributed by atoms with E-state index in [0.29, 0.717) is 36.9 Å². The average molecular weight is 382 g/mol. The molecule has 0 saturated carbocycles. The van der Waals surface area contributed by atoms with Gasteiger partial charge in [-0.25, -0.2) is 4.68 Å². The number of furan rings is 1. The fraction of sp³-hybridized carbons (Fsp3) is 0.350. The number of carbonyl (C=O) groups excluding carboxylic acids is 1. The first-order valence-electron chi connectivity index (χ1n) is 9.10. The zero-order valence-electron chi connectivity index (χ0n) is 16.1. The van der Waals surface area contributed by atoms with Crippen molar-refractivity contribution in [3.8, 4) is 11.4 Å². The highest BCUT2D eigenvalue weighted by Crippen LogP contribution is 2.28. The number of morpholine rings is 1. The van der Waals surface area contributed by atoms with Crippen molar-refractivity contribution in [2.45, 2.75) is 19.9 Å². The molecule has 1 amide bonds. The van der Waals surface area contributed by atoms with E-state index < -0.39 is 0 Å². The maximum absolute atomic E-state index is 13.2. The number of hydrogen-bond donors (Lipinski definition) is 0. The molecule has 0 spiro atoms. The Labute approximate surface area is 162 Å². The SMILES string of the molecule is COc1ccc(-n2nnc(C(=O)N3CCOC[C@@H]3c3ccc(C)o3)c2C)cc1. The van der Waals surface area contributed by atoms with Crippen LogP contribution in [0, 0.1) is 13.8 Å². The van der Waals surface area contributed by atoms with Crippen LogP contribution in [0.3, 0.4) is 0 Å². The number of benzene rings is 1. The summed E-state index contributed by atoms with van der Waals surface area (Å²) in [7, 11) is 1.62. The van der Waals surface area contributed by atoms with Gasteiger partial charge in [-0.1, -0.05) is 5.21 Å². The second-order valence-corrected chi connectivity index (χ2v) is 6.67. The van der Waals surface area contributed by atoms with Crippen molar-refractivity contribution >= 4 is 5.91 Å². The van der Waals surface area contributed by atoms with Gasteiger partial charge in [0.2, 0.25) is 0 Å². The van der Waals surface area contributed by atoms with Crippen LogP contribution in [0.15, 0.2) is 40.8 Å². The topological polar surface area (TPSA) is 82.6 Å². The van der Waals surface area contributed by atoms with Crippen molar-refractivity contribution in [2.75, 3.05) is 26.9 Å². The fourth-order valence-corrected chi connectivity index (χ4v) is 3.35. The summed E-state index contributed by atoms with van der Waals surface area (Å²) >= 11 is 0. The molecular weight excluding hydrogens is 360 g/mol. The Hall–Kier alpha value is -3.13. The molecule has 2 aromatic heterocycles. The molecule has 0 bridgehead atoms. The van der Waals surface area contributed by atoms with Gasteiger partial charge in [0.25, 0.3) is 5.91 Å². The van der Waals surface area contributed by atoms with E-state index in [9.17, 15) is 4.79 Å². The predicted molar refractivity (Wildman–Crippen MR) is 101 cm³/mol. The Morgan fingerprint density at radius 3 is 2.64 bits per heavy atom. The summed E-state index contributed by atoms with van der Waals surface area (Å²) < 4.78 is 18.2. The van der Waals surface area contributed by atoms with Crippen LogP contribution in [0.5, 0.6) is 5.75 Å². The van der Waals surface area contributed by atoms with Crippen molar-refractivity contribution < 1.29 is 18.7 Å². The summed E-state index contributed by atoms with van der Waals surface area (Å²) in [4.78, 5) is 15.0. The molecule has 3 aromatic rings. The first kappa shape index (κ1) is 18.2. The molecule has 28 heavy (non-hydrogen) atoms. The Morgan fingerprint density at radius 2 is 1.96 bits per heavy atom. The quantitative estimate of drug-likeness (QED) is 0.690. The van der Waals surface area contributed by atoms with Crippen molar-refractivity contribution in [3.63, 3.8) is 0 Å². The van der Waals surface area contributed by atoms with Crippen LogP contribution in [-0.2, 0) is 4.74 Å². The minimum atomic E-state index is -0.277. The molecular formula is C20H22N4O4. The molecule has 1 aliphatic heterocycles. The summed E-state index contributed by atoms with van der Waals surface area (Å²) in [5.41, 5.74) is 1.81. The highest BCUT2D eigenvalue weighted by molar-refractivity contribution is 5.93. The van der Waals surface area contributed by atoms with Crippen LogP contribution in [0.4, 0.5) is 0 Å². The molecule has 1 fully saturated rings. The molecule has 0 aliphatic carbocycles. The van der Waals surface area contributed by atoms with Gasteiger partial charge < -0.3 is 18.8 Å². The zero-order valence-corrected chi connectivity index (χ0v) is 16.1. The van der Waals surface area contributed by atoms with E-state index in [-0.39, 0.29) is 11.9 Å². The number of ether oxygens (including phenoxy) is 2. The van der Waals surface area contributed by atoms with Crippen LogP contribution >= 0.6 is 0 Å². The summed E-state index contributed by atoms with van der Waals surface area (Å²) in [5.74, 6) is 2.09. The summed E-state index contributed by atoms with van der Waals surface area (Å²) in [6.07, 6.45) is 0. The molecule has 0 unspecified atom stereocenters. The van der Waals surface area contributed by atoms with Crippen LogP contribution in [0.25, 0.3) is 5.69 Å². The standard InChI is InChI=1S/C20H22N4O4/c1-13-4-9-18(28-13)17-12-27-11-10-23(17)20(25)19-14(2)24(22-21-19)15-5-7-16(26-3)8-6-15/h4-9,17H,10-12H2,1-3H3/t17-/m1/s1. The van der Waals surface area contributed by atoms with Gasteiger partial charge in [-0.05, 0) is 50.2 Å². The first-order valence-corrected chi connectivity index (χ1v) is 9.10. The monoisotopic (exact) mass is 382 g/mol. The summed E-state index contributed by atoms with van der Waals surface area (Å²) in [6.45, 7) is 5.06. The van der Waals surface area contributed by atoms with Gasteiger partial charge in [0.05, 0.1) is 31.7 Å². The first-order chi connectivity index (χ1) is 13.6. The molecule has 1 aliphatic rings. The van der Waals surface area contributed by atoms with Crippen LogP contribution in [-0.4, -0.2) is 52.7 Å². The van der Waals surface area contributed by atoms with Gasteiger partial charge in [-0.15, -0.1) is 5.10 Å². The molecule has 8 heteroatoms. The Morgan fingerprint density at radius 1 is 1.18 bits per heavy atom. The smallest absolute Gasteiger partial charge is 0.277 e. The highest BCUT2D eigenvalue weighted by Gasteiger charge is 2.33. The molecule has 1 saturated heterocycles.